The van der Waals surface area contributed by atoms with E-state index >= 15 is 0 Å². The van der Waals surface area contributed by atoms with Gasteiger partial charge in [-0.1, -0.05) is 78.1 Å². The lowest BCUT2D eigenvalue weighted by Crippen LogP contribution is -1.99. The van der Waals surface area contributed by atoms with Crippen molar-refractivity contribution in [2.75, 3.05) is 0 Å². The first kappa shape index (κ1) is 15.9. The first-order valence-corrected chi connectivity index (χ1v) is 7.45. The van der Waals surface area contributed by atoms with E-state index in [9.17, 15) is 4.39 Å². The molecule has 0 bridgehead atoms. The van der Waals surface area contributed by atoms with Gasteiger partial charge in [-0.15, -0.1) is 0 Å². The third-order valence-electron chi connectivity index (χ3n) is 3.24. The van der Waals surface area contributed by atoms with Crippen molar-refractivity contribution < 1.29 is 4.39 Å². The van der Waals surface area contributed by atoms with E-state index in [2.05, 4.69) is 13.8 Å². The number of halogens is 1. The Morgan fingerprint density at radius 1 is 0.625 bits per heavy atom. The summed E-state index contributed by atoms with van der Waals surface area (Å²) >= 11 is 0. The van der Waals surface area contributed by atoms with Crippen LogP contribution in [0.25, 0.3) is 0 Å². The van der Waals surface area contributed by atoms with Gasteiger partial charge in [-0.25, -0.2) is 4.39 Å². The molecule has 0 aromatic rings. The van der Waals surface area contributed by atoms with Crippen molar-refractivity contribution >= 4 is 0 Å². The lowest BCUT2D eigenvalue weighted by atomic mass is 10.0. The van der Waals surface area contributed by atoms with Gasteiger partial charge in [-0.2, -0.15) is 0 Å². The molecule has 0 amide bonds. The molecule has 0 aliphatic carbocycles. The molecule has 0 aliphatic heterocycles. The SMILES string of the molecule is CCCCCCCCCCC(F)CCCC. The average molecular weight is 230 g/mol. The molecule has 0 radical (unpaired) electrons. The lowest BCUT2D eigenvalue weighted by Gasteiger charge is -2.06. The predicted molar refractivity (Wildman–Crippen MR) is 71.6 cm³/mol. The van der Waals surface area contributed by atoms with Crippen LogP contribution in [0.15, 0.2) is 0 Å². The standard InChI is InChI=1S/C15H31F/c1-3-5-7-8-9-10-11-12-14-15(16)13-6-4-2/h15H,3-14H2,1-2H3. The minimum atomic E-state index is -0.528. The third-order valence-corrected chi connectivity index (χ3v) is 3.24. The van der Waals surface area contributed by atoms with Crippen LogP contribution in [-0.2, 0) is 0 Å². The minimum absolute atomic E-state index is 0.528. The van der Waals surface area contributed by atoms with E-state index in [4.69, 9.17) is 0 Å². The topological polar surface area (TPSA) is 0 Å². The van der Waals surface area contributed by atoms with E-state index in [1.165, 1.54) is 44.9 Å². The van der Waals surface area contributed by atoms with Gasteiger partial charge in [0.05, 0.1) is 0 Å². The van der Waals surface area contributed by atoms with Crippen molar-refractivity contribution in [3.8, 4) is 0 Å². The average Bonchev–Trinajstić information content (AvgIpc) is 2.30. The van der Waals surface area contributed by atoms with E-state index < -0.39 is 6.17 Å². The van der Waals surface area contributed by atoms with Gasteiger partial charge in [0.2, 0.25) is 0 Å². The quantitative estimate of drug-likeness (QED) is 0.358. The molecular formula is C15H31F. The fourth-order valence-corrected chi connectivity index (χ4v) is 2.07. The summed E-state index contributed by atoms with van der Waals surface area (Å²) in [5.74, 6) is 0. The summed E-state index contributed by atoms with van der Waals surface area (Å²) in [5, 5.41) is 0. The number of rotatable bonds is 12. The third kappa shape index (κ3) is 12.0. The van der Waals surface area contributed by atoms with Gasteiger partial charge in [0, 0.05) is 0 Å². The van der Waals surface area contributed by atoms with Gasteiger partial charge < -0.3 is 0 Å². The van der Waals surface area contributed by atoms with Crippen molar-refractivity contribution in [1.29, 1.82) is 0 Å². The monoisotopic (exact) mass is 230 g/mol. The molecule has 1 atom stereocenters. The van der Waals surface area contributed by atoms with Crippen LogP contribution in [-0.4, -0.2) is 6.17 Å². The summed E-state index contributed by atoms with van der Waals surface area (Å²) in [6.45, 7) is 4.38. The van der Waals surface area contributed by atoms with Gasteiger partial charge in [0.1, 0.15) is 6.17 Å². The largest absolute Gasteiger partial charge is 0.247 e. The Balaban J connectivity index is 3.02. The number of hydrogen-bond donors (Lipinski definition) is 0. The molecule has 0 saturated carbocycles. The van der Waals surface area contributed by atoms with Crippen LogP contribution < -0.4 is 0 Å². The van der Waals surface area contributed by atoms with E-state index in [-0.39, 0.29) is 0 Å². The number of unbranched alkanes of at least 4 members (excludes halogenated alkanes) is 8. The smallest absolute Gasteiger partial charge is 0.100 e. The van der Waals surface area contributed by atoms with Gasteiger partial charge in [-0.05, 0) is 12.8 Å². The Bertz CT molecular complexity index is 123. The van der Waals surface area contributed by atoms with E-state index in [1.54, 1.807) is 0 Å². The number of hydrogen-bond acceptors (Lipinski definition) is 0. The zero-order chi connectivity index (χ0) is 12.1. The molecule has 0 nitrogen and oxygen atoms in total. The zero-order valence-electron chi connectivity index (χ0n) is 11.4. The highest BCUT2D eigenvalue weighted by atomic mass is 19.1. The molecule has 16 heavy (non-hydrogen) atoms. The molecule has 0 rings (SSSR count). The summed E-state index contributed by atoms with van der Waals surface area (Å²) in [5.41, 5.74) is 0. The van der Waals surface area contributed by atoms with Gasteiger partial charge in [-0.3, -0.25) is 0 Å². The van der Waals surface area contributed by atoms with Gasteiger partial charge >= 0.3 is 0 Å². The Labute approximate surface area is 102 Å². The van der Waals surface area contributed by atoms with Crippen LogP contribution >= 0.6 is 0 Å². The highest BCUT2D eigenvalue weighted by Crippen LogP contribution is 2.14. The highest BCUT2D eigenvalue weighted by molar-refractivity contribution is 4.56. The molecule has 0 fully saturated rings. The van der Waals surface area contributed by atoms with E-state index in [1.807, 2.05) is 0 Å². The maximum atomic E-state index is 13.3. The van der Waals surface area contributed by atoms with Gasteiger partial charge in [0.15, 0.2) is 0 Å². The Morgan fingerprint density at radius 3 is 1.62 bits per heavy atom. The molecule has 0 aromatic heterocycles. The second kappa shape index (κ2) is 13.0. The summed E-state index contributed by atoms with van der Waals surface area (Å²) in [6, 6.07) is 0. The molecule has 0 spiro atoms. The fraction of sp³-hybridized carbons (Fsp3) is 1.00. The molecule has 0 heterocycles. The second-order valence-electron chi connectivity index (χ2n) is 5.00. The first-order chi connectivity index (χ1) is 7.81. The summed E-state index contributed by atoms with van der Waals surface area (Å²) in [7, 11) is 0. The van der Waals surface area contributed by atoms with Crippen molar-refractivity contribution in [3.05, 3.63) is 0 Å². The van der Waals surface area contributed by atoms with Crippen LogP contribution in [0.2, 0.25) is 0 Å². The van der Waals surface area contributed by atoms with E-state index in [0.717, 1.165) is 32.1 Å². The summed E-state index contributed by atoms with van der Waals surface area (Å²) in [4.78, 5) is 0. The first-order valence-electron chi connectivity index (χ1n) is 7.45. The molecule has 98 valence electrons. The van der Waals surface area contributed by atoms with Crippen LogP contribution in [0.4, 0.5) is 4.39 Å². The van der Waals surface area contributed by atoms with E-state index in [0.29, 0.717) is 0 Å². The summed E-state index contributed by atoms with van der Waals surface area (Å²) in [6.07, 6.45) is 13.7. The maximum Gasteiger partial charge on any atom is 0.100 e. The molecular weight excluding hydrogens is 199 g/mol. The number of alkyl halides is 1. The molecule has 0 aromatic carbocycles. The minimum Gasteiger partial charge on any atom is -0.247 e. The van der Waals surface area contributed by atoms with Crippen molar-refractivity contribution in [1.82, 2.24) is 0 Å². The molecule has 1 heteroatoms. The highest BCUT2D eigenvalue weighted by Gasteiger charge is 2.04. The van der Waals surface area contributed by atoms with Crippen LogP contribution in [0.5, 0.6) is 0 Å². The Kier molecular flexibility index (Phi) is 12.9. The van der Waals surface area contributed by atoms with Gasteiger partial charge in [0.25, 0.3) is 0 Å². The fourth-order valence-electron chi connectivity index (χ4n) is 2.07. The zero-order valence-corrected chi connectivity index (χ0v) is 11.4. The molecule has 0 saturated heterocycles. The van der Waals surface area contributed by atoms with Crippen LogP contribution in [0.1, 0.15) is 90.9 Å². The van der Waals surface area contributed by atoms with Crippen LogP contribution in [0, 0.1) is 0 Å². The summed E-state index contributed by atoms with van der Waals surface area (Å²) < 4.78 is 13.3. The van der Waals surface area contributed by atoms with Crippen LogP contribution in [0.3, 0.4) is 0 Å². The molecule has 0 aliphatic rings. The van der Waals surface area contributed by atoms with Crippen molar-refractivity contribution in [2.45, 2.75) is 97.1 Å². The maximum absolute atomic E-state index is 13.3. The normalized spacial score (nSPS) is 12.9. The molecule has 0 N–H and O–H groups in total. The second-order valence-corrected chi connectivity index (χ2v) is 5.00. The predicted octanol–water partition coefficient (Wildman–Crippen LogP) is 6.05. The Morgan fingerprint density at radius 2 is 1.06 bits per heavy atom. The lowest BCUT2D eigenvalue weighted by molar-refractivity contribution is 0.281. The Hall–Kier alpha value is -0.0700. The van der Waals surface area contributed by atoms with Crippen molar-refractivity contribution in [3.63, 3.8) is 0 Å². The molecule has 1 unspecified atom stereocenters. The van der Waals surface area contributed by atoms with Crippen molar-refractivity contribution in [2.24, 2.45) is 0 Å².